The van der Waals surface area contributed by atoms with E-state index in [-0.39, 0.29) is 11.9 Å². The molecule has 2 aromatic heterocycles. The average Bonchev–Trinajstić information content (AvgIpc) is 3.17. The van der Waals surface area contributed by atoms with E-state index < -0.39 is 0 Å². The molecule has 1 atom stereocenters. The molecule has 138 valence electrons. The fourth-order valence-electron chi connectivity index (χ4n) is 3.28. The zero-order valence-electron chi connectivity index (χ0n) is 15.1. The van der Waals surface area contributed by atoms with Gasteiger partial charge in [0.25, 0.3) is 0 Å². The largest absolute Gasteiger partial charge is 0.357 e. The van der Waals surface area contributed by atoms with Crippen molar-refractivity contribution in [3.63, 3.8) is 0 Å². The van der Waals surface area contributed by atoms with Crippen molar-refractivity contribution in [1.82, 2.24) is 19.7 Å². The van der Waals surface area contributed by atoms with Crippen LogP contribution >= 0.6 is 11.6 Å². The first-order chi connectivity index (χ1) is 13.0. The maximum absolute atomic E-state index is 12.8. The van der Waals surface area contributed by atoms with E-state index in [0.717, 1.165) is 17.1 Å². The molecule has 1 unspecified atom stereocenters. The normalized spacial score (nSPS) is 16.8. The number of anilines is 2. The molecule has 7 nitrogen and oxygen atoms in total. The van der Waals surface area contributed by atoms with Gasteiger partial charge in [-0.3, -0.25) is 9.78 Å². The van der Waals surface area contributed by atoms with E-state index in [1.54, 1.807) is 34.1 Å². The minimum atomic E-state index is -0.353. The van der Waals surface area contributed by atoms with Gasteiger partial charge in [-0.25, -0.2) is 9.67 Å². The molecule has 8 heteroatoms. The molecule has 1 amide bonds. The lowest BCUT2D eigenvalue weighted by Crippen LogP contribution is -2.33. The van der Waals surface area contributed by atoms with Crippen molar-refractivity contribution in [2.75, 3.05) is 16.8 Å². The van der Waals surface area contributed by atoms with Gasteiger partial charge in [0.2, 0.25) is 5.91 Å². The molecule has 0 aliphatic carbocycles. The highest BCUT2D eigenvalue weighted by Gasteiger charge is 2.32. The van der Waals surface area contributed by atoms with Gasteiger partial charge in [0, 0.05) is 22.9 Å². The Morgan fingerprint density at radius 3 is 2.81 bits per heavy atom. The molecule has 1 aromatic carbocycles. The van der Waals surface area contributed by atoms with Crippen LogP contribution in [0.15, 0.2) is 42.7 Å². The number of benzene rings is 1. The Kier molecular flexibility index (Phi) is 4.53. The summed E-state index contributed by atoms with van der Waals surface area (Å²) in [6, 6.07) is 8.94. The summed E-state index contributed by atoms with van der Waals surface area (Å²) >= 11 is 6.05. The maximum atomic E-state index is 12.8. The zero-order chi connectivity index (χ0) is 19.0. The maximum Gasteiger partial charge on any atom is 0.249 e. The van der Waals surface area contributed by atoms with E-state index in [9.17, 15) is 4.79 Å². The number of rotatable bonds is 4. The van der Waals surface area contributed by atoms with Crippen LogP contribution in [-0.4, -0.2) is 38.2 Å². The molecule has 4 rings (SSSR count). The van der Waals surface area contributed by atoms with E-state index in [1.807, 2.05) is 32.0 Å². The van der Waals surface area contributed by atoms with Crippen LogP contribution in [0.1, 0.15) is 17.8 Å². The first-order valence-corrected chi connectivity index (χ1v) is 9.08. The van der Waals surface area contributed by atoms with Crippen molar-refractivity contribution in [1.29, 1.82) is 0 Å². The first kappa shape index (κ1) is 17.5. The van der Waals surface area contributed by atoms with Crippen molar-refractivity contribution >= 4 is 29.0 Å². The van der Waals surface area contributed by atoms with Gasteiger partial charge in [0.1, 0.15) is 11.9 Å². The fraction of sp³-hybridized carbons (Fsp3) is 0.263. The number of hydrogen-bond donors (Lipinski definition) is 1. The number of carbonyl (C=O) groups is 1. The zero-order valence-corrected chi connectivity index (χ0v) is 15.8. The number of hydrogen-bond acceptors (Lipinski definition) is 5. The Balaban J connectivity index is 1.52. The van der Waals surface area contributed by atoms with E-state index in [4.69, 9.17) is 11.6 Å². The van der Waals surface area contributed by atoms with Gasteiger partial charge >= 0.3 is 0 Å². The van der Waals surface area contributed by atoms with Crippen molar-refractivity contribution in [3.8, 4) is 5.82 Å². The second kappa shape index (κ2) is 7.00. The Bertz CT molecular complexity index is 1000. The topological polar surface area (TPSA) is 75.9 Å². The number of halogens is 1. The highest BCUT2D eigenvalue weighted by molar-refractivity contribution is 6.31. The molecular weight excluding hydrogens is 364 g/mol. The quantitative estimate of drug-likeness (QED) is 0.750. The molecule has 0 saturated carbocycles. The van der Waals surface area contributed by atoms with Crippen molar-refractivity contribution in [3.05, 3.63) is 59.1 Å². The van der Waals surface area contributed by atoms with Crippen LogP contribution in [0.4, 0.5) is 11.5 Å². The average molecular weight is 383 g/mol. The third-order valence-electron chi connectivity index (χ3n) is 4.50. The van der Waals surface area contributed by atoms with Crippen molar-refractivity contribution in [2.24, 2.45) is 0 Å². The van der Waals surface area contributed by atoms with E-state index >= 15 is 0 Å². The summed E-state index contributed by atoms with van der Waals surface area (Å²) < 4.78 is 1.74. The molecule has 1 aliphatic heterocycles. The fourth-order valence-corrected chi connectivity index (χ4v) is 3.47. The van der Waals surface area contributed by atoms with Crippen LogP contribution in [-0.2, 0) is 4.79 Å². The number of nitrogens with one attached hydrogen (secondary N) is 1. The molecule has 1 fully saturated rings. The van der Waals surface area contributed by atoms with E-state index in [0.29, 0.717) is 29.6 Å². The predicted octanol–water partition coefficient (Wildman–Crippen LogP) is 3.15. The molecule has 1 saturated heterocycles. The second-order valence-electron chi connectivity index (χ2n) is 6.56. The number of aromatic nitrogens is 4. The van der Waals surface area contributed by atoms with Crippen molar-refractivity contribution < 1.29 is 4.79 Å². The van der Waals surface area contributed by atoms with Crippen LogP contribution in [0.25, 0.3) is 5.82 Å². The molecule has 0 bridgehead atoms. The molecule has 3 heterocycles. The Morgan fingerprint density at radius 1 is 1.22 bits per heavy atom. The predicted molar refractivity (Wildman–Crippen MR) is 104 cm³/mol. The SMILES string of the molecule is Cc1cc(C)n(-c2cncc(NC3CCN(c4cccc(Cl)c4)C3=O)n2)n1. The lowest BCUT2D eigenvalue weighted by Gasteiger charge is -2.17. The van der Waals surface area contributed by atoms with Gasteiger partial charge < -0.3 is 10.2 Å². The number of carbonyl (C=O) groups excluding carboxylic acids is 1. The molecule has 27 heavy (non-hydrogen) atoms. The number of nitrogens with zero attached hydrogens (tertiary/aromatic N) is 5. The summed E-state index contributed by atoms with van der Waals surface area (Å²) in [5, 5.41) is 8.24. The summed E-state index contributed by atoms with van der Waals surface area (Å²) in [6.07, 6.45) is 3.95. The summed E-state index contributed by atoms with van der Waals surface area (Å²) in [4.78, 5) is 23.3. The monoisotopic (exact) mass is 382 g/mol. The van der Waals surface area contributed by atoms with Gasteiger partial charge in [-0.15, -0.1) is 0 Å². The third-order valence-corrected chi connectivity index (χ3v) is 4.73. The van der Waals surface area contributed by atoms with Gasteiger partial charge in [-0.1, -0.05) is 17.7 Å². The lowest BCUT2D eigenvalue weighted by atomic mass is 10.2. The minimum Gasteiger partial charge on any atom is -0.357 e. The second-order valence-corrected chi connectivity index (χ2v) is 6.99. The molecule has 1 N–H and O–H groups in total. The van der Waals surface area contributed by atoms with Crippen molar-refractivity contribution in [2.45, 2.75) is 26.3 Å². The smallest absolute Gasteiger partial charge is 0.249 e. The summed E-state index contributed by atoms with van der Waals surface area (Å²) in [7, 11) is 0. The molecule has 0 radical (unpaired) electrons. The summed E-state index contributed by atoms with van der Waals surface area (Å²) in [6.45, 7) is 4.52. The summed E-state index contributed by atoms with van der Waals surface area (Å²) in [5.74, 6) is 1.16. The van der Waals surface area contributed by atoms with Gasteiger partial charge in [-0.05, 0) is 44.5 Å². The molecule has 3 aromatic rings. The van der Waals surface area contributed by atoms with Gasteiger partial charge in [-0.2, -0.15) is 5.10 Å². The molecular formula is C19H19ClN6O. The summed E-state index contributed by atoms with van der Waals surface area (Å²) in [5.41, 5.74) is 2.69. The molecule has 0 spiro atoms. The number of amides is 1. The Hall–Kier alpha value is -2.93. The lowest BCUT2D eigenvalue weighted by molar-refractivity contribution is -0.117. The van der Waals surface area contributed by atoms with Gasteiger partial charge in [0.05, 0.1) is 18.1 Å². The standard InChI is InChI=1S/C19H19ClN6O/c1-12-8-13(2)26(24-12)18-11-21-10-17(23-18)22-16-6-7-25(19(16)27)15-5-3-4-14(20)9-15/h3-5,8-11,16H,6-7H2,1-2H3,(H,22,23). The van der Waals surface area contributed by atoms with Gasteiger partial charge in [0.15, 0.2) is 5.82 Å². The van der Waals surface area contributed by atoms with Crippen LogP contribution < -0.4 is 10.2 Å². The number of aryl methyl sites for hydroxylation is 2. The molecule has 1 aliphatic rings. The van der Waals surface area contributed by atoms with E-state index in [2.05, 4.69) is 20.4 Å². The van der Waals surface area contributed by atoms with Crippen LogP contribution in [0.3, 0.4) is 0 Å². The van der Waals surface area contributed by atoms with Crippen LogP contribution in [0.2, 0.25) is 5.02 Å². The highest BCUT2D eigenvalue weighted by Crippen LogP contribution is 2.25. The minimum absolute atomic E-state index is 0.00409. The van der Waals surface area contributed by atoms with Crippen LogP contribution in [0.5, 0.6) is 0 Å². The first-order valence-electron chi connectivity index (χ1n) is 8.70. The Labute approximate surface area is 162 Å². The van der Waals surface area contributed by atoms with E-state index in [1.165, 1.54) is 0 Å². The van der Waals surface area contributed by atoms with Crippen LogP contribution in [0, 0.1) is 13.8 Å². The Morgan fingerprint density at radius 2 is 2.07 bits per heavy atom. The third kappa shape index (κ3) is 3.50. The highest BCUT2D eigenvalue weighted by atomic mass is 35.5.